The van der Waals surface area contributed by atoms with E-state index >= 15 is 0 Å². The Kier molecular flexibility index (Phi) is 5.14. The molecule has 0 saturated heterocycles. The van der Waals surface area contributed by atoms with Crippen LogP contribution in [0.25, 0.3) is 0 Å². The van der Waals surface area contributed by atoms with Crippen molar-refractivity contribution in [1.82, 2.24) is 5.32 Å². The second kappa shape index (κ2) is 7.31. The minimum atomic E-state index is -1.17. The van der Waals surface area contributed by atoms with Crippen LogP contribution in [0.15, 0.2) is 54.6 Å². The van der Waals surface area contributed by atoms with Gasteiger partial charge in [0.25, 0.3) is 0 Å². The second-order valence-corrected chi connectivity index (χ2v) is 8.10. The molecule has 4 heteroatoms. The molecule has 3 rings (SSSR count). The number of hydrogen-bond donors (Lipinski definition) is 1. The van der Waals surface area contributed by atoms with Gasteiger partial charge < -0.3 is 5.32 Å². The summed E-state index contributed by atoms with van der Waals surface area (Å²) in [6.07, 6.45) is 2.20. The van der Waals surface area contributed by atoms with Crippen molar-refractivity contribution < 1.29 is 9.00 Å². The van der Waals surface area contributed by atoms with Gasteiger partial charge in [0, 0.05) is 28.5 Å². The summed E-state index contributed by atoms with van der Waals surface area (Å²) in [6, 6.07) is 18.3. The van der Waals surface area contributed by atoms with Gasteiger partial charge in [-0.25, -0.2) is 0 Å². The smallest absolute Gasteiger partial charge is 0.232 e. The first kappa shape index (κ1) is 16.9. The first-order valence-corrected chi connectivity index (χ1v) is 9.79. The van der Waals surface area contributed by atoms with Crippen LogP contribution in [0.5, 0.6) is 0 Å². The van der Waals surface area contributed by atoms with Crippen LogP contribution in [-0.4, -0.2) is 22.4 Å². The molecule has 126 valence electrons. The average Bonchev–Trinajstić information content (AvgIpc) is 3.35. The van der Waals surface area contributed by atoms with Crippen LogP contribution in [0, 0.1) is 6.92 Å². The SMILES string of the molecule is Cc1cccc(C[S@](=O)CC(=O)NCC2(c3ccccc3)CC2)c1. The van der Waals surface area contributed by atoms with Crippen molar-refractivity contribution in [3.05, 3.63) is 71.3 Å². The number of aryl methyl sites for hydroxylation is 1. The summed E-state index contributed by atoms with van der Waals surface area (Å²) >= 11 is 0. The van der Waals surface area contributed by atoms with Crippen molar-refractivity contribution >= 4 is 16.7 Å². The van der Waals surface area contributed by atoms with Gasteiger partial charge in [-0.1, -0.05) is 60.2 Å². The average molecular weight is 341 g/mol. The lowest BCUT2D eigenvalue weighted by molar-refractivity contribution is -0.118. The third-order valence-corrected chi connectivity index (χ3v) is 5.81. The summed E-state index contributed by atoms with van der Waals surface area (Å²) in [6.45, 7) is 2.65. The number of rotatable bonds is 7. The van der Waals surface area contributed by atoms with Crippen LogP contribution < -0.4 is 5.32 Å². The summed E-state index contributed by atoms with van der Waals surface area (Å²) in [5, 5.41) is 2.98. The van der Waals surface area contributed by atoms with Crippen LogP contribution >= 0.6 is 0 Å². The Morgan fingerprint density at radius 2 is 1.88 bits per heavy atom. The zero-order chi connectivity index (χ0) is 17.0. The minimum absolute atomic E-state index is 0.0683. The number of hydrogen-bond acceptors (Lipinski definition) is 2. The van der Waals surface area contributed by atoms with E-state index in [4.69, 9.17) is 0 Å². The Balaban J connectivity index is 1.48. The molecule has 1 amide bonds. The quantitative estimate of drug-likeness (QED) is 0.841. The Labute approximate surface area is 145 Å². The molecule has 1 saturated carbocycles. The summed E-state index contributed by atoms with van der Waals surface area (Å²) in [4.78, 5) is 12.1. The van der Waals surface area contributed by atoms with Crippen LogP contribution in [0.2, 0.25) is 0 Å². The third-order valence-electron chi connectivity index (χ3n) is 4.57. The Bertz CT molecular complexity index is 738. The zero-order valence-corrected chi connectivity index (χ0v) is 14.8. The molecule has 0 unspecified atom stereocenters. The molecule has 1 atom stereocenters. The van der Waals surface area contributed by atoms with Crippen LogP contribution in [0.1, 0.15) is 29.5 Å². The van der Waals surface area contributed by atoms with Crippen molar-refractivity contribution in [3.8, 4) is 0 Å². The summed E-state index contributed by atoms with van der Waals surface area (Å²) in [5.41, 5.74) is 3.54. The van der Waals surface area contributed by atoms with Gasteiger partial charge in [-0.05, 0) is 30.9 Å². The fourth-order valence-electron chi connectivity index (χ4n) is 3.01. The monoisotopic (exact) mass is 341 g/mol. The highest BCUT2D eigenvalue weighted by atomic mass is 32.2. The summed E-state index contributed by atoms with van der Waals surface area (Å²) < 4.78 is 12.2. The van der Waals surface area contributed by atoms with Gasteiger partial charge in [-0.2, -0.15) is 0 Å². The van der Waals surface area contributed by atoms with Crippen molar-refractivity contribution in [2.24, 2.45) is 0 Å². The first-order valence-electron chi connectivity index (χ1n) is 8.30. The van der Waals surface area contributed by atoms with Gasteiger partial charge in [0.2, 0.25) is 5.91 Å². The minimum Gasteiger partial charge on any atom is -0.354 e. The van der Waals surface area contributed by atoms with Gasteiger partial charge in [0.15, 0.2) is 0 Å². The molecule has 2 aromatic rings. The van der Waals surface area contributed by atoms with Crippen molar-refractivity contribution in [3.63, 3.8) is 0 Å². The van der Waals surface area contributed by atoms with Gasteiger partial charge in [0.1, 0.15) is 5.75 Å². The Morgan fingerprint density at radius 1 is 1.12 bits per heavy atom. The lowest BCUT2D eigenvalue weighted by Crippen LogP contribution is -2.35. The molecule has 0 aliphatic heterocycles. The molecule has 0 aromatic heterocycles. The van der Waals surface area contributed by atoms with E-state index in [0.29, 0.717) is 12.3 Å². The van der Waals surface area contributed by atoms with E-state index in [-0.39, 0.29) is 17.1 Å². The highest BCUT2D eigenvalue weighted by Crippen LogP contribution is 2.47. The number of nitrogens with one attached hydrogen (secondary N) is 1. The molecule has 0 heterocycles. The van der Waals surface area contributed by atoms with E-state index in [0.717, 1.165) is 24.0 Å². The van der Waals surface area contributed by atoms with E-state index < -0.39 is 10.8 Å². The first-order chi connectivity index (χ1) is 11.6. The van der Waals surface area contributed by atoms with Crippen molar-refractivity contribution in [2.45, 2.75) is 30.9 Å². The highest BCUT2D eigenvalue weighted by Gasteiger charge is 2.44. The lowest BCUT2D eigenvalue weighted by Gasteiger charge is -2.16. The van der Waals surface area contributed by atoms with Crippen LogP contribution in [-0.2, 0) is 26.8 Å². The number of benzene rings is 2. The largest absolute Gasteiger partial charge is 0.354 e. The summed E-state index contributed by atoms with van der Waals surface area (Å²) in [7, 11) is -1.17. The predicted octanol–water partition coefficient (Wildman–Crippen LogP) is 3.09. The van der Waals surface area contributed by atoms with E-state index in [1.807, 2.05) is 49.4 Å². The molecule has 3 nitrogen and oxygen atoms in total. The van der Waals surface area contributed by atoms with E-state index in [1.54, 1.807) is 0 Å². The Hall–Kier alpha value is -1.94. The molecule has 0 spiro atoms. The van der Waals surface area contributed by atoms with Gasteiger partial charge in [0.05, 0.1) is 0 Å². The Morgan fingerprint density at radius 3 is 2.54 bits per heavy atom. The maximum atomic E-state index is 12.2. The van der Waals surface area contributed by atoms with Gasteiger partial charge in [-0.3, -0.25) is 9.00 Å². The number of carbonyl (C=O) groups excluding carboxylic acids is 1. The molecule has 0 bridgehead atoms. The highest BCUT2D eigenvalue weighted by molar-refractivity contribution is 7.84. The predicted molar refractivity (Wildman–Crippen MR) is 98.3 cm³/mol. The molecular weight excluding hydrogens is 318 g/mol. The second-order valence-electron chi connectivity index (χ2n) is 6.64. The fourth-order valence-corrected chi connectivity index (χ4v) is 4.06. The molecule has 1 aliphatic rings. The van der Waals surface area contributed by atoms with Gasteiger partial charge >= 0.3 is 0 Å². The van der Waals surface area contributed by atoms with Crippen LogP contribution in [0.3, 0.4) is 0 Å². The fraction of sp³-hybridized carbons (Fsp3) is 0.350. The van der Waals surface area contributed by atoms with Crippen LogP contribution in [0.4, 0.5) is 0 Å². The van der Waals surface area contributed by atoms with E-state index in [9.17, 15) is 9.00 Å². The van der Waals surface area contributed by atoms with E-state index in [2.05, 4.69) is 17.4 Å². The van der Waals surface area contributed by atoms with Gasteiger partial charge in [-0.15, -0.1) is 0 Å². The van der Waals surface area contributed by atoms with E-state index in [1.165, 1.54) is 5.56 Å². The summed E-state index contributed by atoms with van der Waals surface area (Å²) in [5.74, 6) is 0.376. The standard InChI is InChI=1S/C20H23NO2S/c1-16-6-5-7-17(12-16)13-24(23)14-19(22)21-15-20(10-11-20)18-8-3-2-4-9-18/h2-9,12H,10-11,13-15H2,1H3,(H,21,22)/t24-/m0/s1. The lowest BCUT2D eigenvalue weighted by atomic mass is 9.96. The number of amides is 1. The maximum Gasteiger partial charge on any atom is 0.232 e. The van der Waals surface area contributed by atoms with Crippen molar-refractivity contribution in [2.75, 3.05) is 12.3 Å². The molecule has 24 heavy (non-hydrogen) atoms. The third kappa shape index (κ3) is 4.32. The molecule has 1 fully saturated rings. The normalized spacial score (nSPS) is 16.4. The number of carbonyl (C=O) groups is 1. The molecular formula is C20H23NO2S. The molecule has 1 aliphatic carbocycles. The topological polar surface area (TPSA) is 46.2 Å². The zero-order valence-electron chi connectivity index (χ0n) is 14.0. The molecule has 0 radical (unpaired) electrons. The maximum absolute atomic E-state index is 12.2. The molecule has 1 N–H and O–H groups in total. The molecule has 2 aromatic carbocycles. The van der Waals surface area contributed by atoms with Crippen molar-refractivity contribution in [1.29, 1.82) is 0 Å².